The van der Waals surface area contributed by atoms with Crippen LogP contribution in [0.1, 0.15) is 25.5 Å². The second kappa shape index (κ2) is 6.78. The average Bonchev–Trinajstić information content (AvgIpc) is 3.23. The number of nitrogens with zero attached hydrogens (tertiary/aromatic N) is 1. The first kappa shape index (κ1) is 16.0. The highest BCUT2D eigenvalue weighted by atomic mass is 32.2. The average molecular weight is 345 g/mol. The Morgan fingerprint density at radius 1 is 1.38 bits per heavy atom. The molecule has 6 heteroatoms. The van der Waals surface area contributed by atoms with Gasteiger partial charge in [-0.2, -0.15) is 0 Å². The van der Waals surface area contributed by atoms with Gasteiger partial charge in [-0.25, -0.2) is 0 Å². The number of para-hydroxylation sites is 1. The minimum atomic E-state index is -0.398. The predicted molar refractivity (Wildman–Crippen MR) is 100 cm³/mol. The Bertz CT molecular complexity index is 750. The minimum absolute atomic E-state index is 0.00348. The lowest BCUT2D eigenvalue weighted by molar-refractivity contribution is 0.0905. The zero-order valence-electron chi connectivity index (χ0n) is 13.8. The van der Waals surface area contributed by atoms with Crippen LogP contribution in [0.4, 0.5) is 5.69 Å². The summed E-state index contributed by atoms with van der Waals surface area (Å²) < 4.78 is 5.44. The van der Waals surface area contributed by atoms with Crippen molar-refractivity contribution < 1.29 is 9.84 Å². The molecule has 1 saturated heterocycles. The van der Waals surface area contributed by atoms with E-state index in [1.54, 1.807) is 18.7 Å². The van der Waals surface area contributed by atoms with Crippen LogP contribution in [0.25, 0.3) is 10.9 Å². The van der Waals surface area contributed by atoms with Gasteiger partial charge in [0, 0.05) is 30.4 Å². The molecule has 1 aromatic carbocycles. The lowest BCUT2D eigenvalue weighted by Gasteiger charge is -2.24. The van der Waals surface area contributed by atoms with Crippen molar-refractivity contribution in [2.45, 2.75) is 38.0 Å². The fourth-order valence-corrected chi connectivity index (χ4v) is 4.39. The van der Waals surface area contributed by atoms with E-state index in [-0.39, 0.29) is 6.04 Å². The van der Waals surface area contributed by atoms with Gasteiger partial charge in [-0.05, 0) is 31.9 Å². The topological polar surface area (TPSA) is 69.6 Å². The van der Waals surface area contributed by atoms with E-state index in [1.165, 1.54) is 5.39 Å². The lowest BCUT2D eigenvalue weighted by Crippen LogP contribution is -2.27. The summed E-state index contributed by atoms with van der Waals surface area (Å²) in [4.78, 5) is 8.19. The summed E-state index contributed by atoms with van der Waals surface area (Å²) in [6, 6.07) is 8.95. The Balaban J connectivity index is 1.61. The van der Waals surface area contributed by atoms with Gasteiger partial charge in [-0.3, -0.25) is 4.99 Å². The van der Waals surface area contributed by atoms with E-state index in [1.807, 2.05) is 0 Å². The number of thioether (sulfide) groups is 1. The third-order valence-corrected chi connectivity index (χ3v) is 5.81. The van der Waals surface area contributed by atoms with Crippen molar-refractivity contribution in [3.63, 3.8) is 0 Å². The molecule has 1 aromatic heterocycles. The largest absolute Gasteiger partial charge is 0.391 e. The maximum atomic E-state index is 9.73. The molecule has 2 aliphatic rings. The number of aliphatic imine (C=N–C) groups is 1. The molecule has 0 bridgehead atoms. The van der Waals surface area contributed by atoms with Gasteiger partial charge in [0.05, 0.1) is 29.0 Å². The molecule has 2 atom stereocenters. The Hall–Kier alpha value is -1.50. The standard InChI is InChI=1S/C18H23N3O2S/c1-11(22)16-10-24-18(21-16)15-9-12-3-2-4-14(17(12)20-15)19-13-5-7-23-8-6-13/h2-4,9,11,13,16,19-20,22H,5-8,10H2,1H3/t11?,16-/m0/s1. The second-order valence-electron chi connectivity index (χ2n) is 6.54. The van der Waals surface area contributed by atoms with Gasteiger partial charge in [0.1, 0.15) is 5.04 Å². The molecule has 3 N–H and O–H groups in total. The summed E-state index contributed by atoms with van der Waals surface area (Å²) >= 11 is 1.71. The summed E-state index contributed by atoms with van der Waals surface area (Å²) in [5.74, 6) is 0.843. The SMILES string of the molecule is CC(O)[C@@H]1CSC(c2cc3cccc(NC4CCOCC4)c3[nH]2)=N1. The highest BCUT2D eigenvalue weighted by Crippen LogP contribution is 2.30. The smallest absolute Gasteiger partial charge is 0.115 e. The van der Waals surface area contributed by atoms with Crippen molar-refractivity contribution in [1.82, 2.24) is 4.98 Å². The second-order valence-corrected chi connectivity index (χ2v) is 7.55. The molecular weight excluding hydrogens is 322 g/mol. The van der Waals surface area contributed by atoms with Gasteiger partial charge in [-0.1, -0.05) is 12.1 Å². The van der Waals surface area contributed by atoms with Crippen LogP contribution in [0.3, 0.4) is 0 Å². The molecular formula is C18H23N3O2S. The maximum Gasteiger partial charge on any atom is 0.115 e. The zero-order valence-corrected chi connectivity index (χ0v) is 14.6. The molecule has 0 radical (unpaired) electrons. The molecule has 5 nitrogen and oxygen atoms in total. The van der Waals surface area contributed by atoms with Crippen LogP contribution >= 0.6 is 11.8 Å². The molecule has 1 unspecified atom stereocenters. The number of anilines is 1. The van der Waals surface area contributed by atoms with Crippen molar-refractivity contribution in [2.24, 2.45) is 4.99 Å². The number of aliphatic hydroxyl groups excluding tert-OH is 1. The molecule has 0 aliphatic carbocycles. The highest BCUT2D eigenvalue weighted by molar-refractivity contribution is 8.14. The maximum absolute atomic E-state index is 9.73. The van der Waals surface area contributed by atoms with Gasteiger partial charge in [-0.15, -0.1) is 11.8 Å². The number of hydrogen-bond donors (Lipinski definition) is 3. The van der Waals surface area contributed by atoms with E-state index in [0.29, 0.717) is 6.04 Å². The Kier molecular flexibility index (Phi) is 4.52. The molecule has 24 heavy (non-hydrogen) atoms. The molecule has 4 rings (SSSR count). The van der Waals surface area contributed by atoms with Crippen LogP contribution < -0.4 is 5.32 Å². The van der Waals surface area contributed by atoms with Crippen molar-refractivity contribution in [3.05, 3.63) is 30.0 Å². The van der Waals surface area contributed by atoms with Gasteiger partial charge >= 0.3 is 0 Å². The first-order valence-corrected chi connectivity index (χ1v) is 9.54. The number of aromatic nitrogens is 1. The Morgan fingerprint density at radius 3 is 2.96 bits per heavy atom. The third-order valence-electron chi connectivity index (χ3n) is 4.70. The van der Waals surface area contributed by atoms with E-state index < -0.39 is 6.10 Å². The number of fused-ring (bicyclic) bond motifs is 1. The highest BCUT2D eigenvalue weighted by Gasteiger charge is 2.24. The van der Waals surface area contributed by atoms with Gasteiger partial charge in [0.2, 0.25) is 0 Å². The Morgan fingerprint density at radius 2 is 2.21 bits per heavy atom. The fourth-order valence-electron chi connectivity index (χ4n) is 3.24. The number of H-pyrrole nitrogens is 1. The molecule has 0 saturated carbocycles. The lowest BCUT2D eigenvalue weighted by atomic mass is 10.1. The number of aromatic amines is 1. The summed E-state index contributed by atoms with van der Waals surface area (Å²) in [7, 11) is 0. The fraction of sp³-hybridized carbons (Fsp3) is 0.500. The molecule has 1 fully saturated rings. The van der Waals surface area contributed by atoms with Crippen LogP contribution in [0.2, 0.25) is 0 Å². The molecule has 128 valence electrons. The van der Waals surface area contributed by atoms with E-state index in [4.69, 9.17) is 4.74 Å². The summed E-state index contributed by atoms with van der Waals surface area (Å²) in [6.07, 6.45) is 1.69. The van der Waals surface area contributed by atoms with Gasteiger partial charge in [0.15, 0.2) is 0 Å². The first-order valence-electron chi connectivity index (χ1n) is 8.56. The van der Waals surface area contributed by atoms with E-state index in [0.717, 1.165) is 53.7 Å². The summed E-state index contributed by atoms with van der Waals surface area (Å²) in [5.41, 5.74) is 3.31. The zero-order chi connectivity index (χ0) is 16.5. The minimum Gasteiger partial charge on any atom is -0.391 e. The number of nitrogens with one attached hydrogen (secondary N) is 2. The van der Waals surface area contributed by atoms with Crippen LogP contribution in [0, 0.1) is 0 Å². The molecule has 2 aromatic rings. The van der Waals surface area contributed by atoms with Crippen molar-refractivity contribution in [2.75, 3.05) is 24.3 Å². The van der Waals surface area contributed by atoms with Crippen LogP contribution in [-0.2, 0) is 4.74 Å². The molecule has 0 spiro atoms. The number of rotatable bonds is 4. The molecule has 3 heterocycles. The van der Waals surface area contributed by atoms with Gasteiger partial charge in [0.25, 0.3) is 0 Å². The third kappa shape index (κ3) is 3.18. The first-order chi connectivity index (χ1) is 11.7. The quantitative estimate of drug-likeness (QED) is 0.797. The Labute approximate surface area is 145 Å². The summed E-state index contributed by atoms with van der Waals surface area (Å²) in [5, 5.41) is 15.6. The van der Waals surface area contributed by atoms with Crippen LogP contribution in [0.15, 0.2) is 29.3 Å². The van der Waals surface area contributed by atoms with Crippen LogP contribution in [0.5, 0.6) is 0 Å². The monoisotopic (exact) mass is 345 g/mol. The van der Waals surface area contributed by atoms with Crippen molar-refractivity contribution >= 4 is 33.4 Å². The number of benzene rings is 1. The van der Waals surface area contributed by atoms with Gasteiger partial charge < -0.3 is 20.1 Å². The normalized spacial score (nSPS) is 23.4. The number of ether oxygens (including phenoxy) is 1. The molecule has 0 amide bonds. The van der Waals surface area contributed by atoms with E-state index in [9.17, 15) is 5.11 Å². The van der Waals surface area contributed by atoms with E-state index in [2.05, 4.69) is 39.6 Å². The van der Waals surface area contributed by atoms with Crippen molar-refractivity contribution in [1.29, 1.82) is 0 Å². The predicted octanol–water partition coefficient (Wildman–Crippen LogP) is 3.00. The number of hydrogen-bond acceptors (Lipinski definition) is 5. The van der Waals surface area contributed by atoms with Crippen molar-refractivity contribution in [3.8, 4) is 0 Å². The number of aliphatic hydroxyl groups is 1. The molecule has 2 aliphatic heterocycles. The summed E-state index contributed by atoms with van der Waals surface area (Å²) in [6.45, 7) is 3.47. The van der Waals surface area contributed by atoms with E-state index >= 15 is 0 Å². The van der Waals surface area contributed by atoms with Crippen LogP contribution in [-0.4, -0.2) is 52.3 Å².